The Balaban J connectivity index is 2.43. The van der Waals surface area contributed by atoms with Crippen molar-refractivity contribution in [2.45, 2.75) is 17.7 Å². The Morgan fingerprint density at radius 2 is 2.27 bits per heavy atom. The Labute approximate surface area is 79.5 Å². The summed E-state index contributed by atoms with van der Waals surface area (Å²) in [6, 6.07) is 6.57. The molecular weight excluding hydrogens is 220 g/mol. The van der Waals surface area contributed by atoms with Gasteiger partial charge in [-0.2, -0.15) is 0 Å². The van der Waals surface area contributed by atoms with Crippen molar-refractivity contribution in [3.63, 3.8) is 0 Å². The molecule has 0 atom stereocenters. The lowest BCUT2D eigenvalue weighted by molar-refractivity contribution is 0.889. The molecule has 0 bridgehead atoms. The van der Waals surface area contributed by atoms with Gasteiger partial charge >= 0.3 is 0 Å². The summed E-state index contributed by atoms with van der Waals surface area (Å²) >= 11 is 5.46. The maximum atomic E-state index is 3.48. The van der Waals surface area contributed by atoms with Gasteiger partial charge in [-0.05, 0) is 42.4 Å². The minimum Gasteiger partial charge on any atom is -0.126 e. The first-order valence-electron chi connectivity index (χ1n) is 3.77. The van der Waals surface area contributed by atoms with Crippen molar-refractivity contribution in [3.8, 4) is 0 Å². The van der Waals surface area contributed by atoms with Gasteiger partial charge in [-0.3, -0.25) is 0 Å². The fourth-order valence-electron chi connectivity index (χ4n) is 1.33. The third kappa shape index (κ3) is 1.62. The summed E-state index contributed by atoms with van der Waals surface area (Å²) < 4.78 is 1.21. The second-order valence-corrected chi connectivity index (χ2v) is 4.76. The number of thioether (sulfide) groups is 1. The first kappa shape index (κ1) is 7.69. The Bertz CT molecular complexity index is 270. The summed E-state index contributed by atoms with van der Waals surface area (Å²) in [6.45, 7) is 0. The van der Waals surface area contributed by atoms with Crippen molar-refractivity contribution in [1.82, 2.24) is 0 Å². The molecule has 0 nitrogen and oxygen atoms in total. The van der Waals surface area contributed by atoms with Gasteiger partial charge in [-0.15, -0.1) is 11.8 Å². The average molecular weight is 229 g/mol. The predicted molar refractivity (Wildman–Crippen MR) is 53.2 cm³/mol. The van der Waals surface area contributed by atoms with Gasteiger partial charge in [0.05, 0.1) is 0 Å². The lowest BCUT2D eigenvalue weighted by atomic mass is 10.1. The Kier molecular flexibility index (Phi) is 2.23. The van der Waals surface area contributed by atoms with E-state index in [2.05, 4.69) is 34.1 Å². The number of rotatable bonds is 0. The molecule has 0 saturated carbocycles. The van der Waals surface area contributed by atoms with Crippen molar-refractivity contribution >= 4 is 27.7 Å². The van der Waals surface area contributed by atoms with Crippen LogP contribution in [0.4, 0.5) is 0 Å². The molecule has 0 spiro atoms. The molecule has 0 N–H and O–H groups in total. The van der Waals surface area contributed by atoms with Gasteiger partial charge in [0.1, 0.15) is 0 Å². The second kappa shape index (κ2) is 3.20. The smallest absolute Gasteiger partial charge is 0.0178 e. The molecule has 1 aliphatic rings. The van der Waals surface area contributed by atoms with Crippen molar-refractivity contribution in [3.05, 3.63) is 28.2 Å². The van der Waals surface area contributed by atoms with Crippen molar-refractivity contribution in [2.75, 3.05) is 5.75 Å². The molecule has 2 heteroatoms. The molecule has 1 aromatic carbocycles. The monoisotopic (exact) mass is 228 g/mol. The first-order chi connectivity index (χ1) is 5.36. The topological polar surface area (TPSA) is 0 Å². The maximum Gasteiger partial charge on any atom is 0.0178 e. The summed E-state index contributed by atoms with van der Waals surface area (Å²) in [4.78, 5) is 1.47. The van der Waals surface area contributed by atoms with Crippen LogP contribution in [-0.2, 0) is 6.42 Å². The van der Waals surface area contributed by atoms with Crippen LogP contribution in [-0.4, -0.2) is 5.75 Å². The third-order valence-corrected chi connectivity index (χ3v) is 3.57. The van der Waals surface area contributed by atoms with Crippen LogP contribution in [0.3, 0.4) is 0 Å². The van der Waals surface area contributed by atoms with E-state index in [4.69, 9.17) is 0 Å². The van der Waals surface area contributed by atoms with Gasteiger partial charge in [0.25, 0.3) is 0 Å². The number of aryl methyl sites for hydroxylation is 1. The highest BCUT2D eigenvalue weighted by Gasteiger charge is 2.08. The van der Waals surface area contributed by atoms with Crippen LogP contribution in [0.1, 0.15) is 12.0 Å². The number of halogens is 1. The van der Waals surface area contributed by atoms with Crippen molar-refractivity contribution in [2.24, 2.45) is 0 Å². The number of hydrogen-bond donors (Lipinski definition) is 0. The summed E-state index contributed by atoms with van der Waals surface area (Å²) in [5.41, 5.74) is 1.51. The molecule has 2 rings (SSSR count). The predicted octanol–water partition coefficient (Wildman–Crippen LogP) is 3.49. The highest BCUT2D eigenvalue weighted by molar-refractivity contribution is 9.10. The molecule has 0 fully saturated rings. The summed E-state index contributed by atoms with van der Waals surface area (Å²) in [5.74, 6) is 1.29. The summed E-state index contributed by atoms with van der Waals surface area (Å²) in [5, 5.41) is 0. The van der Waals surface area contributed by atoms with Crippen LogP contribution in [0.5, 0.6) is 0 Å². The number of fused-ring (bicyclic) bond motifs is 1. The van der Waals surface area contributed by atoms with Gasteiger partial charge in [-0.1, -0.05) is 15.9 Å². The van der Waals surface area contributed by atoms with E-state index in [9.17, 15) is 0 Å². The van der Waals surface area contributed by atoms with E-state index < -0.39 is 0 Å². The minimum atomic E-state index is 1.21. The normalized spacial score (nSPS) is 16.1. The van der Waals surface area contributed by atoms with Gasteiger partial charge < -0.3 is 0 Å². The SMILES string of the molecule is Brc1ccc2c(c1)CCCS2. The second-order valence-electron chi connectivity index (χ2n) is 2.70. The van der Waals surface area contributed by atoms with E-state index in [0.717, 1.165) is 0 Å². The highest BCUT2D eigenvalue weighted by atomic mass is 79.9. The van der Waals surface area contributed by atoms with Gasteiger partial charge in [0, 0.05) is 9.37 Å². The fourth-order valence-corrected chi connectivity index (χ4v) is 2.76. The molecule has 58 valence electrons. The van der Waals surface area contributed by atoms with E-state index >= 15 is 0 Å². The molecule has 1 aromatic rings. The maximum absolute atomic E-state index is 3.48. The van der Waals surface area contributed by atoms with Gasteiger partial charge in [0.2, 0.25) is 0 Å². The van der Waals surface area contributed by atoms with Crippen molar-refractivity contribution < 1.29 is 0 Å². The van der Waals surface area contributed by atoms with Crippen LogP contribution < -0.4 is 0 Å². The van der Waals surface area contributed by atoms with Crippen LogP contribution in [0.2, 0.25) is 0 Å². The molecule has 0 radical (unpaired) electrons. The lowest BCUT2D eigenvalue weighted by Gasteiger charge is -2.14. The standard InChI is InChI=1S/C9H9BrS/c10-8-3-4-9-7(6-8)2-1-5-11-9/h3-4,6H,1-2,5H2. The summed E-state index contributed by atoms with van der Waals surface area (Å²) in [6.07, 6.45) is 2.58. The van der Waals surface area contributed by atoms with Crippen LogP contribution in [0, 0.1) is 0 Å². The lowest BCUT2D eigenvalue weighted by Crippen LogP contribution is -1.97. The van der Waals surface area contributed by atoms with Crippen LogP contribution >= 0.6 is 27.7 Å². The largest absolute Gasteiger partial charge is 0.126 e. The molecule has 0 aromatic heterocycles. The number of benzene rings is 1. The zero-order valence-corrected chi connectivity index (χ0v) is 8.54. The molecule has 0 amide bonds. The first-order valence-corrected chi connectivity index (χ1v) is 5.55. The van der Waals surface area contributed by atoms with Crippen molar-refractivity contribution in [1.29, 1.82) is 0 Å². The zero-order valence-electron chi connectivity index (χ0n) is 6.14. The molecule has 0 saturated heterocycles. The Morgan fingerprint density at radius 1 is 1.36 bits per heavy atom. The average Bonchev–Trinajstić information content (AvgIpc) is 2.04. The van der Waals surface area contributed by atoms with Gasteiger partial charge in [-0.25, -0.2) is 0 Å². The molecule has 11 heavy (non-hydrogen) atoms. The summed E-state index contributed by atoms with van der Waals surface area (Å²) in [7, 11) is 0. The van der Waals surface area contributed by atoms with E-state index in [-0.39, 0.29) is 0 Å². The van der Waals surface area contributed by atoms with Crippen LogP contribution in [0.15, 0.2) is 27.6 Å². The fraction of sp³-hybridized carbons (Fsp3) is 0.333. The van der Waals surface area contributed by atoms with E-state index in [0.29, 0.717) is 0 Å². The van der Waals surface area contributed by atoms with Crippen LogP contribution in [0.25, 0.3) is 0 Å². The highest BCUT2D eigenvalue weighted by Crippen LogP contribution is 2.31. The molecular formula is C9H9BrS. The Morgan fingerprint density at radius 3 is 3.18 bits per heavy atom. The Hall–Kier alpha value is 0.0500. The molecule has 1 aliphatic heterocycles. The minimum absolute atomic E-state index is 1.21. The quantitative estimate of drug-likeness (QED) is 0.656. The molecule has 0 unspecified atom stereocenters. The van der Waals surface area contributed by atoms with E-state index in [1.54, 1.807) is 0 Å². The molecule has 1 heterocycles. The molecule has 0 aliphatic carbocycles. The number of hydrogen-bond acceptors (Lipinski definition) is 1. The zero-order chi connectivity index (χ0) is 7.68. The van der Waals surface area contributed by atoms with E-state index in [1.807, 2.05) is 11.8 Å². The van der Waals surface area contributed by atoms with E-state index in [1.165, 1.54) is 33.5 Å². The third-order valence-electron chi connectivity index (χ3n) is 1.87. The van der Waals surface area contributed by atoms with Gasteiger partial charge in [0.15, 0.2) is 0 Å².